The molecule has 0 saturated heterocycles. The first-order chi connectivity index (χ1) is 12.0. The van der Waals surface area contributed by atoms with Crippen LogP contribution in [-0.4, -0.2) is 19.8 Å². The van der Waals surface area contributed by atoms with E-state index in [4.69, 9.17) is 4.74 Å². The van der Waals surface area contributed by atoms with Gasteiger partial charge in [0.25, 0.3) is 0 Å². The summed E-state index contributed by atoms with van der Waals surface area (Å²) in [5.74, 6) is 0.758. The van der Waals surface area contributed by atoms with Crippen LogP contribution < -0.4 is 10.4 Å². The topological polar surface area (TPSA) is 61.9 Å². The zero-order valence-electron chi connectivity index (χ0n) is 14.4. The Hall–Kier alpha value is -2.41. The van der Waals surface area contributed by atoms with E-state index in [9.17, 15) is 4.79 Å². The normalized spacial score (nSPS) is 10.9. The van der Waals surface area contributed by atoms with Gasteiger partial charge in [-0.05, 0) is 69.0 Å². The summed E-state index contributed by atoms with van der Waals surface area (Å²) in [5.41, 5.74) is 3.60. The van der Waals surface area contributed by atoms with Crippen molar-refractivity contribution in [3.8, 4) is 11.4 Å². The molecular weight excluding hydrogens is 384 g/mol. The highest BCUT2D eigenvalue weighted by molar-refractivity contribution is 9.10. The minimum atomic E-state index is -0.286. The molecule has 0 radical (unpaired) electrons. The molecule has 2 aromatic carbocycles. The van der Waals surface area contributed by atoms with Gasteiger partial charge in [-0.25, -0.2) is 4.79 Å². The monoisotopic (exact) mass is 402 g/mol. The van der Waals surface area contributed by atoms with Crippen molar-refractivity contribution in [2.75, 3.05) is 0 Å². The molecule has 130 valence electrons. The molecule has 0 aliphatic carbocycles. The Kier molecular flexibility index (Phi) is 5.03. The van der Waals surface area contributed by atoms with Gasteiger partial charge in [0.05, 0.1) is 10.2 Å². The average molecular weight is 403 g/mol. The molecule has 0 saturated carbocycles. The standard InChI is InChI=1S/C18H19BrN4O2/c1-4-13-6-5-7-16(23-18(24)22(3)20-21-23)14(13)11-25-17-9-8-12(2)10-15(17)19/h5-10H,4,11H2,1-3H3. The molecule has 0 bridgehead atoms. The molecule has 25 heavy (non-hydrogen) atoms. The van der Waals surface area contributed by atoms with Crippen LogP contribution >= 0.6 is 15.9 Å². The Morgan fingerprint density at radius 3 is 2.64 bits per heavy atom. The van der Waals surface area contributed by atoms with Gasteiger partial charge in [-0.2, -0.15) is 9.36 Å². The van der Waals surface area contributed by atoms with Gasteiger partial charge in [-0.3, -0.25) is 0 Å². The number of nitrogens with zero attached hydrogens (tertiary/aromatic N) is 4. The van der Waals surface area contributed by atoms with Gasteiger partial charge in [0.1, 0.15) is 12.4 Å². The zero-order chi connectivity index (χ0) is 18.0. The predicted octanol–water partition coefficient (Wildman–Crippen LogP) is 3.18. The molecule has 0 atom stereocenters. The molecule has 0 N–H and O–H groups in total. The summed E-state index contributed by atoms with van der Waals surface area (Å²) in [4.78, 5) is 12.2. The van der Waals surface area contributed by atoms with E-state index in [1.807, 2.05) is 43.3 Å². The van der Waals surface area contributed by atoms with Crippen molar-refractivity contribution < 1.29 is 4.74 Å². The molecule has 0 unspecified atom stereocenters. The Morgan fingerprint density at radius 1 is 1.20 bits per heavy atom. The minimum Gasteiger partial charge on any atom is -0.488 e. The molecule has 0 fully saturated rings. The van der Waals surface area contributed by atoms with Gasteiger partial charge >= 0.3 is 5.69 Å². The van der Waals surface area contributed by atoms with Crippen LogP contribution in [-0.2, 0) is 20.1 Å². The van der Waals surface area contributed by atoms with Crippen LogP contribution in [0.3, 0.4) is 0 Å². The second kappa shape index (κ2) is 7.23. The van der Waals surface area contributed by atoms with Crippen molar-refractivity contribution in [1.82, 2.24) is 19.8 Å². The smallest absolute Gasteiger partial charge is 0.368 e. The quantitative estimate of drug-likeness (QED) is 0.657. The lowest BCUT2D eigenvalue weighted by atomic mass is 10.0. The van der Waals surface area contributed by atoms with Crippen LogP contribution in [0, 0.1) is 6.92 Å². The highest BCUT2D eigenvalue weighted by Gasteiger charge is 2.15. The maximum atomic E-state index is 12.2. The number of halogens is 1. The van der Waals surface area contributed by atoms with Crippen molar-refractivity contribution >= 4 is 15.9 Å². The molecule has 1 aromatic heterocycles. The number of tetrazole rings is 1. The van der Waals surface area contributed by atoms with E-state index in [2.05, 4.69) is 33.3 Å². The fraction of sp³-hybridized carbons (Fsp3) is 0.278. The summed E-state index contributed by atoms with van der Waals surface area (Å²) < 4.78 is 9.43. The average Bonchev–Trinajstić information content (AvgIpc) is 2.93. The Balaban J connectivity index is 1.99. The van der Waals surface area contributed by atoms with E-state index in [0.717, 1.165) is 33.3 Å². The maximum Gasteiger partial charge on any atom is 0.368 e. The zero-order valence-corrected chi connectivity index (χ0v) is 15.9. The van der Waals surface area contributed by atoms with E-state index >= 15 is 0 Å². The first-order valence-corrected chi connectivity index (χ1v) is 8.79. The molecule has 7 heteroatoms. The van der Waals surface area contributed by atoms with Crippen molar-refractivity contribution in [3.05, 3.63) is 68.0 Å². The van der Waals surface area contributed by atoms with Crippen LogP contribution in [0.2, 0.25) is 0 Å². The molecule has 3 aromatic rings. The summed E-state index contributed by atoms with van der Waals surface area (Å²) in [6.45, 7) is 4.44. The van der Waals surface area contributed by atoms with Crippen LogP contribution in [0.5, 0.6) is 5.75 Å². The number of benzene rings is 2. The number of ether oxygens (including phenoxy) is 1. The molecule has 0 spiro atoms. The first kappa shape index (κ1) is 17.4. The van der Waals surface area contributed by atoms with Crippen LogP contribution in [0.25, 0.3) is 5.69 Å². The fourth-order valence-corrected chi connectivity index (χ4v) is 3.26. The number of hydrogen-bond acceptors (Lipinski definition) is 4. The lowest BCUT2D eigenvalue weighted by molar-refractivity contribution is 0.302. The number of aryl methyl sites for hydroxylation is 3. The third kappa shape index (κ3) is 3.51. The number of rotatable bonds is 5. The van der Waals surface area contributed by atoms with E-state index in [-0.39, 0.29) is 5.69 Å². The summed E-state index contributed by atoms with van der Waals surface area (Å²) in [6, 6.07) is 11.8. The molecule has 0 aliphatic rings. The van der Waals surface area contributed by atoms with Crippen molar-refractivity contribution in [3.63, 3.8) is 0 Å². The lowest BCUT2D eigenvalue weighted by Crippen LogP contribution is -2.23. The van der Waals surface area contributed by atoms with Gasteiger partial charge in [-0.1, -0.05) is 25.1 Å². The van der Waals surface area contributed by atoms with E-state index in [1.54, 1.807) is 7.05 Å². The molecule has 0 aliphatic heterocycles. The van der Waals surface area contributed by atoms with Gasteiger partial charge in [-0.15, -0.1) is 0 Å². The van der Waals surface area contributed by atoms with Crippen molar-refractivity contribution in [2.45, 2.75) is 26.9 Å². The Morgan fingerprint density at radius 2 is 2.00 bits per heavy atom. The second-order valence-electron chi connectivity index (χ2n) is 5.79. The molecule has 6 nitrogen and oxygen atoms in total. The third-order valence-electron chi connectivity index (χ3n) is 4.04. The highest BCUT2D eigenvalue weighted by Crippen LogP contribution is 2.28. The summed E-state index contributed by atoms with van der Waals surface area (Å²) in [6.07, 6.45) is 0.830. The first-order valence-electron chi connectivity index (χ1n) is 8.00. The largest absolute Gasteiger partial charge is 0.488 e. The van der Waals surface area contributed by atoms with Crippen molar-refractivity contribution in [1.29, 1.82) is 0 Å². The van der Waals surface area contributed by atoms with Crippen LogP contribution in [0.4, 0.5) is 0 Å². The van der Waals surface area contributed by atoms with Crippen molar-refractivity contribution in [2.24, 2.45) is 7.05 Å². The number of hydrogen-bond donors (Lipinski definition) is 0. The third-order valence-corrected chi connectivity index (χ3v) is 4.66. The van der Waals surface area contributed by atoms with Crippen LogP contribution in [0.15, 0.2) is 45.7 Å². The summed E-state index contributed by atoms with van der Waals surface area (Å²) in [7, 11) is 1.58. The van der Waals surface area contributed by atoms with Gasteiger partial charge in [0, 0.05) is 12.6 Å². The Labute approximate surface area is 154 Å². The summed E-state index contributed by atoms with van der Waals surface area (Å²) >= 11 is 3.53. The minimum absolute atomic E-state index is 0.286. The second-order valence-corrected chi connectivity index (χ2v) is 6.64. The fourth-order valence-electron chi connectivity index (χ4n) is 2.66. The van der Waals surface area contributed by atoms with Gasteiger partial charge in [0.2, 0.25) is 0 Å². The molecule has 1 heterocycles. The summed E-state index contributed by atoms with van der Waals surface area (Å²) in [5, 5.41) is 7.76. The lowest BCUT2D eigenvalue weighted by Gasteiger charge is -2.15. The van der Waals surface area contributed by atoms with Gasteiger partial charge < -0.3 is 4.74 Å². The Bertz CT molecular complexity index is 962. The van der Waals surface area contributed by atoms with Crippen LogP contribution in [0.1, 0.15) is 23.6 Å². The van der Waals surface area contributed by atoms with Gasteiger partial charge in [0.15, 0.2) is 0 Å². The SMILES string of the molecule is CCc1cccc(-n2nnn(C)c2=O)c1COc1ccc(C)cc1Br. The predicted molar refractivity (Wildman–Crippen MR) is 99.2 cm³/mol. The maximum absolute atomic E-state index is 12.2. The molecule has 3 rings (SSSR count). The molecular formula is C18H19BrN4O2. The van der Waals surface area contributed by atoms with E-state index in [0.29, 0.717) is 12.3 Å². The highest BCUT2D eigenvalue weighted by atomic mass is 79.9. The number of aromatic nitrogens is 4. The van der Waals surface area contributed by atoms with E-state index < -0.39 is 0 Å². The molecule has 0 amide bonds. The van der Waals surface area contributed by atoms with E-state index in [1.165, 1.54) is 9.36 Å².